The summed E-state index contributed by atoms with van der Waals surface area (Å²) >= 11 is 0. The molecule has 18 nitrogen and oxygen atoms in total. The lowest BCUT2D eigenvalue weighted by Gasteiger charge is -2.56. The monoisotopic (exact) mass is 1290 g/mol. The average molecular weight is 1290 g/mol. The zero-order valence-electron chi connectivity index (χ0n) is 56.3. The van der Waals surface area contributed by atoms with E-state index in [0.717, 1.165) is 84.9 Å². The highest BCUT2D eigenvalue weighted by molar-refractivity contribution is 6.01. The smallest absolute Gasteiger partial charge is 0.238 e. The quantitative estimate of drug-likeness (QED) is 0.0185. The summed E-state index contributed by atoms with van der Waals surface area (Å²) < 4.78 is 22.5. The molecule has 4 aromatic rings. The molecule has 4 aliphatic carbocycles. The summed E-state index contributed by atoms with van der Waals surface area (Å²) in [6.45, 7) is 16.8. The number of carbonyl (C=O) groups excluding carboxylic acids is 8. The Bertz CT molecular complexity index is 3500. The molecular formula is C76H98N6O12. The molecule has 0 bridgehead atoms. The van der Waals surface area contributed by atoms with Gasteiger partial charge in [0.15, 0.2) is 5.78 Å². The van der Waals surface area contributed by atoms with Crippen molar-refractivity contribution in [1.82, 2.24) is 10.6 Å². The van der Waals surface area contributed by atoms with E-state index in [1.54, 1.807) is 11.8 Å². The van der Waals surface area contributed by atoms with Gasteiger partial charge < -0.3 is 45.5 Å². The first-order valence-corrected chi connectivity index (χ1v) is 34.2. The fraction of sp³-hybridized carbons (Fsp3) is 0.553. The minimum absolute atomic E-state index is 0.0110. The number of nitrogens with two attached hydrogens (primary N) is 1. The zero-order chi connectivity index (χ0) is 67.2. The molecule has 8 atom stereocenters. The number of carbonyl (C=O) groups is 8. The van der Waals surface area contributed by atoms with E-state index in [1.807, 2.05) is 94.4 Å². The Hall–Kier alpha value is -7.40. The molecule has 0 spiro atoms. The molecule has 6 amide bonds. The number of fused-ring (bicyclic) bond motifs is 8. The van der Waals surface area contributed by atoms with Crippen LogP contribution in [0, 0.1) is 46.3 Å². The number of hydrogen-bond acceptors (Lipinski definition) is 13. The number of anilines is 3. The standard InChI is InChI=1S/C76H98N6O12/c1-50(2)69(80-66(85)32-38-92-40-42-94-44-43-93-41-39-91-37-12-18-59(83)28-31-68(87)82-49-56-17-9-8-15-52(56)20-21-55-16-10-11-19-62(55)82)63(84)45-51(3)70(88)79-58-27-23-54-25-30-65-74(5,61(54)47-58)34-14-36-76(65,7)72(90)81-71(89)75(6)35-13-33-73(4)60-46-57(78-67(86)48-77)26-22-53(60)24-29-64(73)75/h8-11,15-17,19,22-23,26-27,46-47,50-51,64-65,69H,12-14,18,24-25,28-45,48-49,77H2,1-7H3,(H,78,86)(H,79,88)(H,80,85)(H,81,89,90)/t51-,64-,65-,69+,73-,74-,75+,76+/m1/s1. The normalized spacial score (nSPS) is 23.1. The second kappa shape index (κ2) is 31.9. The molecule has 1 aliphatic heterocycles. The molecule has 504 valence electrons. The van der Waals surface area contributed by atoms with E-state index in [-0.39, 0.29) is 116 Å². The van der Waals surface area contributed by atoms with Crippen LogP contribution >= 0.6 is 0 Å². The molecule has 5 aliphatic rings. The highest BCUT2D eigenvalue weighted by atomic mass is 16.6. The number of imide groups is 1. The molecule has 18 heteroatoms. The Morgan fingerprint density at radius 1 is 0.585 bits per heavy atom. The van der Waals surface area contributed by atoms with Crippen molar-refractivity contribution in [2.45, 2.75) is 175 Å². The van der Waals surface area contributed by atoms with Crippen LogP contribution in [-0.2, 0) is 87.5 Å². The molecule has 2 saturated carbocycles. The Balaban J connectivity index is 0.641. The summed E-state index contributed by atoms with van der Waals surface area (Å²) in [6.07, 6.45) is 8.97. The third-order valence-electron chi connectivity index (χ3n) is 21.1. The average Bonchev–Trinajstić information content (AvgIpc) is 0.726. The van der Waals surface area contributed by atoms with Crippen molar-refractivity contribution in [3.8, 4) is 11.8 Å². The van der Waals surface area contributed by atoms with Crippen LogP contribution in [0.3, 0.4) is 0 Å². The van der Waals surface area contributed by atoms with Gasteiger partial charge in [-0.25, -0.2) is 0 Å². The first-order valence-electron chi connectivity index (χ1n) is 34.2. The predicted molar refractivity (Wildman–Crippen MR) is 362 cm³/mol. The number of hydrogen-bond donors (Lipinski definition) is 5. The third kappa shape index (κ3) is 16.6. The van der Waals surface area contributed by atoms with Crippen molar-refractivity contribution >= 4 is 64.1 Å². The van der Waals surface area contributed by atoms with Crippen LogP contribution < -0.4 is 31.9 Å². The Kier molecular flexibility index (Phi) is 24.1. The molecule has 94 heavy (non-hydrogen) atoms. The molecule has 1 heterocycles. The van der Waals surface area contributed by atoms with Crippen LogP contribution in [0.25, 0.3) is 0 Å². The number of rotatable bonds is 30. The number of ketones is 2. The largest absolute Gasteiger partial charge is 0.379 e. The van der Waals surface area contributed by atoms with Gasteiger partial charge in [-0.05, 0) is 157 Å². The summed E-state index contributed by atoms with van der Waals surface area (Å²) in [6, 6.07) is 26.7. The van der Waals surface area contributed by atoms with Gasteiger partial charge in [-0.15, -0.1) is 0 Å². The van der Waals surface area contributed by atoms with Crippen LogP contribution in [0.1, 0.15) is 177 Å². The van der Waals surface area contributed by atoms with Crippen molar-refractivity contribution in [2.75, 3.05) is 74.9 Å². The van der Waals surface area contributed by atoms with E-state index in [1.165, 1.54) is 11.1 Å². The minimum Gasteiger partial charge on any atom is -0.379 e. The van der Waals surface area contributed by atoms with Crippen LogP contribution in [0.2, 0.25) is 0 Å². The highest BCUT2D eigenvalue weighted by Gasteiger charge is 2.58. The van der Waals surface area contributed by atoms with Gasteiger partial charge in [0, 0.05) is 67.1 Å². The molecule has 0 saturated heterocycles. The third-order valence-corrected chi connectivity index (χ3v) is 21.1. The van der Waals surface area contributed by atoms with E-state index in [0.29, 0.717) is 83.2 Å². The van der Waals surface area contributed by atoms with Crippen LogP contribution in [0.4, 0.5) is 17.1 Å². The summed E-state index contributed by atoms with van der Waals surface area (Å²) in [5.41, 5.74) is 12.6. The number of ether oxygens (including phenoxy) is 4. The molecule has 6 N–H and O–H groups in total. The van der Waals surface area contributed by atoms with Crippen molar-refractivity contribution in [3.05, 3.63) is 124 Å². The van der Waals surface area contributed by atoms with E-state index < -0.39 is 28.2 Å². The lowest BCUT2D eigenvalue weighted by atomic mass is 9.49. The number of amides is 6. The van der Waals surface area contributed by atoms with Gasteiger partial charge in [-0.2, -0.15) is 0 Å². The van der Waals surface area contributed by atoms with Crippen LogP contribution in [0.5, 0.6) is 0 Å². The Morgan fingerprint density at radius 3 is 1.70 bits per heavy atom. The summed E-state index contributed by atoms with van der Waals surface area (Å²) in [5, 5.41) is 11.9. The van der Waals surface area contributed by atoms with E-state index in [2.05, 4.69) is 65.2 Å². The fourth-order valence-corrected chi connectivity index (χ4v) is 15.9. The van der Waals surface area contributed by atoms with Crippen molar-refractivity contribution in [2.24, 2.45) is 40.2 Å². The fourth-order valence-electron chi connectivity index (χ4n) is 15.9. The van der Waals surface area contributed by atoms with Gasteiger partial charge in [0.25, 0.3) is 0 Å². The number of Topliss-reactive ketones (excluding diaryl/α,β-unsaturated/α-hetero) is 2. The van der Waals surface area contributed by atoms with Crippen LogP contribution in [-0.4, -0.2) is 112 Å². The van der Waals surface area contributed by atoms with Crippen molar-refractivity contribution < 1.29 is 57.3 Å². The second-order valence-electron chi connectivity index (χ2n) is 27.9. The highest BCUT2D eigenvalue weighted by Crippen LogP contribution is 2.60. The SMILES string of the molecule is CC(C)[C@H](NC(=O)CCOCCOCCOCCOCCCC(=O)CCC(=O)N1Cc2ccccc2C#Cc2ccccc21)C(=O)C[C@@H](C)C(=O)Nc1ccc2c(c1)[C@@]1(C)CCC[C@](C)(C(=O)NC(=O)[C@@]3(C)CCC[C@]4(C)c5cc(NC(=O)CN)ccc5CC[C@@H]34)[C@@H]1CC2. The second-order valence-corrected chi connectivity index (χ2v) is 27.9. The Labute approximate surface area is 555 Å². The van der Waals surface area contributed by atoms with Gasteiger partial charge in [-0.1, -0.05) is 116 Å². The summed E-state index contributed by atoms with van der Waals surface area (Å²) in [4.78, 5) is 110. The number of nitrogens with one attached hydrogen (secondary N) is 4. The maximum absolute atomic E-state index is 14.9. The van der Waals surface area contributed by atoms with Gasteiger partial charge in [-0.3, -0.25) is 43.7 Å². The summed E-state index contributed by atoms with van der Waals surface area (Å²) in [5.74, 6) is 3.75. The molecule has 4 aromatic carbocycles. The number of nitrogens with zero attached hydrogens (tertiary/aromatic N) is 1. The predicted octanol–water partition coefficient (Wildman–Crippen LogP) is 10.2. The maximum Gasteiger partial charge on any atom is 0.238 e. The van der Waals surface area contributed by atoms with E-state index in [4.69, 9.17) is 24.7 Å². The number of benzene rings is 4. The molecule has 0 radical (unpaired) electrons. The maximum atomic E-state index is 14.9. The molecule has 0 aromatic heterocycles. The van der Waals surface area contributed by atoms with Crippen molar-refractivity contribution in [1.29, 1.82) is 0 Å². The van der Waals surface area contributed by atoms with Crippen LogP contribution in [0.15, 0.2) is 84.9 Å². The van der Waals surface area contributed by atoms with E-state index in [9.17, 15) is 38.4 Å². The van der Waals surface area contributed by atoms with Gasteiger partial charge >= 0.3 is 0 Å². The first kappa shape index (κ1) is 70.9. The zero-order valence-corrected chi connectivity index (χ0v) is 56.3. The lowest BCUT2D eigenvalue weighted by molar-refractivity contribution is -0.150. The number of para-hydroxylation sites is 1. The molecule has 0 unspecified atom stereocenters. The topological polar surface area (TPSA) is 251 Å². The van der Waals surface area contributed by atoms with Crippen molar-refractivity contribution in [3.63, 3.8) is 0 Å². The Morgan fingerprint density at radius 2 is 1.12 bits per heavy atom. The van der Waals surface area contributed by atoms with E-state index >= 15 is 0 Å². The van der Waals surface area contributed by atoms with Gasteiger partial charge in [0.2, 0.25) is 35.4 Å². The molecule has 9 rings (SSSR count). The lowest BCUT2D eigenvalue weighted by Crippen LogP contribution is -2.60. The number of aryl methyl sites for hydroxylation is 2. The summed E-state index contributed by atoms with van der Waals surface area (Å²) in [7, 11) is 0. The van der Waals surface area contributed by atoms with Gasteiger partial charge in [0.05, 0.1) is 81.9 Å². The minimum atomic E-state index is -0.823. The molecular weight excluding hydrogens is 1190 g/mol. The molecule has 2 fully saturated rings. The first-order chi connectivity index (χ1) is 45.1. The van der Waals surface area contributed by atoms with Gasteiger partial charge in [0.1, 0.15) is 5.78 Å².